The summed E-state index contributed by atoms with van der Waals surface area (Å²) < 4.78 is 10.3. The first-order valence-corrected chi connectivity index (χ1v) is 21.9. The number of unbranched alkanes of at least 4 members (excludes halogenated alkanes) is 19. The van der Waals surface area contributed by atoms with Gasteiger partial charge in [-0.1, -0.05) is 168 Å². The van der Waals surface area contributed by atoms with E-state index >= 15 is 0 Å². The van der Waals surface area contributed by atoms with Crippen molar-refractivity contribution in [2.45, 2.75) is 225 Å². The van der Waals surface area contributed by atoms with Crippen LogP contribution in [-0.2, 0) is 19.1 Å². The highest BCUT2D eigenvalue weighted by Crippen LogP contribution is 2.37. The lowest BCUT2D eigenvalue weighted by Gasteiger charge is -2.21. The summed E-state index contributed by atoms with van der Waals surface area (Å²) in [5, 5.41) is 41.2. The van der Waals surface area contributed by atoms with Crippen LogP contribution in [0.2, 0.25) is 0 Å². The molecule has 8 heteroatoms. The smallest absolute Gasteiger partial charge is 0.305 e. The molecule has 1 fully saturated rings. The topological polar surface area (TPSA) is 134 Å². The van der Waals surface area contributed by atoms with E-state index in [1.165, 1.54) is 83.5 Å². The zero-order valence-electron chi connectivity index (χ0n) is 33.8. The van der Waals surface area contributed by atoms with Gasteiger partial charge in [0.25, 0.3) is 0 Å². The van der Waals surface area contributed by atoms with E-state index in [1.54, 1.807) is 6.08 Å². The van der Waals surface area contributed by atoms with Crippen molar-refractivity contribution in [3.05, 3.63) is 12.2 Å². The molecule has 0 saturated heterocycles. The first kappa shape index (κ1) is 48.5. The largest absolute Gasteiger partial charge is 0.463 e. The molecule has 306 valence electrons. The van der Waals surface area contributed by atoms with Crippen molar-refractivity contribution in [1.82, 2.24) is 0 Å². The van der Waals surface area contributed by atoms with E-state index < -0.39 is 24.4 Å². The van der Waals surface area contributed by atoms with Gasteiger partial charge >= 0.3 is 11.9 Å². The lowest BCUT2D eigenvalue weighted by atomic mass is 9.88. The fourth-order valence-electron chi connectivity index (χ4n) is 7.43. The van der Waals surface area contributed by atoms with Gasteiger partial charge in [-0.2, -0.15) is 0 Å². The lowest BCUT2D eigenvalue weighted by molar-refractivity contribution is -0.152. The third-order valence-electron chi connectivity index (χ3n) is 10.8. The number of esters is 2. The van der Waals surface area contributed by atoms with Crippen molar-refractivity contribution in [2.75, 3.05) is 13.2 Å². The Bertz CT molecular complexity index is 876. The Hall–Kier alpha value is -1.48. The molecule has 0 aromatic rings. The van der Waals surface area contributed by atoms with Crippen LogP contribution in [0.5, 0.6) is 0 Å². The number of aliphatic hydroxyl groups excluding tert-OH is 4. The third-order valence-corrected chi connectivity index (χ3v) is 10.8. The van der Waals surface area contributed by atoms with Gasteiger partial charge < -0.3 is 29.9 Å². The zero-order chi connectivity index (χ0) is 38.2. The lowest BCUT2D eigenvalue weighted by Crippen LogP contribution is -2.25. The predicted molar refractivity (Wildman–Crippen MR) is 212 cm³/mol. The van der Waals surface area contributed by atoms with Gasteiger partial charge in [-0.05, 0) is 37.5 Å². The van der Waals surface area contributed by atoms with E-state index in [2.05, 4.69) is 20.8 Å². The minimum atomic E-state index is -1.03. The molecule has 0 unspecified atom stereocenters. The summed E-state index contributed by atoms with van der Waals surface area (Å²) in [5.74, 6) is -0.0250. The third kappa shape index (κ3) is 27.2. The van der Waals surface area contributed by atoms with E-state index in [0.717, 1.165) is 70.1 Å². The molecule has 0 aromatic carbocycles. The van der Waals surface area contributed by atoms with Gasteiger partial charge in [0.05, 0.1) is 18.3 Å². The number of carbonyl (C=O) groups is 2. The number of carbonyl (C=O) groups excluding carboxylic acids is 2. The molecule has 0 bridgehead atoms. The summed E-state index contributed by atoms with van der Waals surface area (Å²) in [6, 6.07) is 0. The maximum Gasteiger partial charge on any atom is 0.305 e. The van der Waals surface area contributed by atoms with E-state index in [1.807, 2.05) is 6.08 Å². The summed E-state index contributed by atoms with van der Waals surface area (Å²) in [6.07, 6.45) is 30.5. The number of hydrogen-bond acceptors (Lipinski definition) is 8. The van der Waals surface area contributed by atoms with Crippen molar-refractivity contribution in [2.24, 2.45) is 17.8 Å². The van der Waals surface area contributed by atoms with Gasteiger partial charge in [0.15, 0.2) is 0 Å². The standard InChI is InChI=1S/C44H82O8/c1-4-5-21-27-37(45)31-32-40-39(41(47)33-42(40)48)28-23-19-20-25-30-44(50)52-35-38(46)34-51-43(49)29-24-18-16-14-12-10-8-6-7-9-11-13-15-17-22-26-36(2)3/h31-32,36-42,45-48H,4-30,33-35H2,1-3H3/b32-31+/t37-,38-,39+,40+,41-,42+/m0/s1. The number of rotatable bonds is 35. The van der Waals surface area contributed by atoms with Crippen LogP contribution in [0.3, 0.4) is 0 Å². The van der Waals surface area contributed by atoms with Crippen LogP contribution in [0, 0.1) is 17.8 Å². The highest BCUT2D eigenvalue weighted by atomic mass is 16.6. The molecule has 0 radical (unpaired) electrons. The van der Waals surface area contributed by atoms with Crippen LogP contribution in [0.1, 0.15) is 201 Å². The molecule has 1 aliphatic rings. The second-order valence-electron chi connectivity index (χ2n) is 16.3. The Morgan fingerprint density at radius 3 is 1.54 bits per heavy atom. The molecule has 0 aromatic heterocycles. The minimum Gasteiger partial charge on any atom is -0.463 e. The summed E-state index contributed by atoms with van der Waals surface area (Å²) >= 11 is 0. The molecule has 0 amide bonds. The van der Waals surface area contributed by atoms with Gasteiger partial charge in [-0.3, -0.25) is 9.59 Å². The van der Waals surface area contributed by atoms with Crippen LogP contribution in [0.25, 0.3) is 0 Å². The summed E-state index contributed by atoms with van der Waals surface area (Å²) in [6.45, 7) is 6.40. The molecule has 52 heavy (non-hydrogen) atoms. The van der Waals surface area contributed by atoms with Crippen LogP contribution >= 0.6 is 0 Å². The number of hydrogen-bond donors (Lipinski definition) is 4. The van der Waals surface area contributed by atoms with Crippen LogP contribution in [0.4, 0.5) is 0 Å². The van der Waals surface area contributed by atoms with Crippen molar-refractivity contribution in [1.29, 1.82) is 0 Å². The summed E-state index contributed by atoms with van der Waals surface area (Å²) in [5.41, 5.74) is 0. The minimum absolute atomic E-state index is 0.0297. The van der Waals surface area contributed by atoms with Crippen LogP contribution in [0.15, 0.2) is 12.2 Å². The highest BCUT2D eigenvalue weighted by Gasteiger charge is 2.39. The molecule has 1 aliphatic carbocycles. The Morgan fingerprint density at radius 1 is 0.615 bits per heavy atom. The maximum absolute atomic E-state index is 12.1. The monoisotopic (exact) mass is 739 g/mol. The number of aliphatic hydroxyl groups is 4. The Balaban J connectivity index is 1.96. The first-order chi connectivity index (χ1) is 25.1. The number of ether oxygens (including phenoxy) is 2. The van der Waals surface area contributed by atoms with E-state index in [-0.39, 0.29) is 43.4 Å². The van der Waals surface area contributed by atoms with Crippen molar-refractivity contribution >= 4 is 11.9 Å². The van der Waals surface area contributed by atoms with E-state index in [0.29, 0.717) is 25.7 Å². The first-order valence-electron chi connectivity index (χ1n) is 21.9. The van der Waals surface area contributed by atoms with Gasteiger partial charge in [-0.15, -0.1) is 0 Å². The second-order valence-corrected chi connectivity index (χ2v) is 16.3. The Labute approximate surface area is 318 Å². The van der Waals surface area contributed by atoms with E-state index in [4.69, 9.17) is 9.47 Å². The maximum atomic E-state index is 12.1. The van der Waals surface area contributed by atoms with Crippen molar-refractivity contribution < 1.29 is 39.5 Å². The SMILES string of the molecule is CCCCC[C@H](O)/C=C/[C@@H]1[C@@H](CCCCCCC(=O)OC[C@@H](O)COC(=O)CCCCCCCCCCCCCCCCCC(C)C)[C@@H](O)C[C@H]1O. The van der Waals surface area contributed by atoms with Crippen LogP contribution in [-0.4, -0.2) is 70.0 Å². The second kappa shape index (κ2) is 32.9. The van der Waals surface area contributed by atoms with Gasteiger partial charge in [0.2, 0.25) is 0 Å². The molecule has 1 rings (SSSR count). The molecular weight excluding hydrogens is 656 g/mol. The molecular formula is C44H82O8. The predicted octanol–water partition coefficient (Wildman–Crippen LogP) is 9.92. The Morgan fingerprint density at radius 2 is 1.06 bits per heavy atom. The van der Waals surface area contributed by atoms with Crippen LogP contribution < -0.4 is 0 Å². The summed E-state index contributed by atoms with van der Waals surface area (Å²) in [4.78, 5) is 24.2. The normalized spacial score (nSPS) is 20.2. The molecule has 1 saturated carbocycles. The highest BCUT2D eigenvalue weighted by molar-refractivity contribution is 5.69. The zero-order valence-corrected chi connectivity index (χ0v) is 33.8. The molecule has 8 nitrogen and oxygen atoms in total. The van der Waals surface area contributed by atoms with E-state index in [9.17, 15) is 30.0 Å². The fourth-order valence-corrected chi connectivity index (χ4v) is 7.43. The van der Waals surface area contributed by atoms with Gasteiger partial charge in [-0.25, -0.2) is 0 Å². The molecule has 0 spiro atoms. The quantitative estimate of drug-likeness (QED) is 0.0287. The summed E-state index contributed by atoms with van der Waals surface area (Å²) in [7, 11) is 0. The van der Waals surface area contributed by atoms with Gasteiger partial charge in [0.1, 0.15) is 19.3 Å². The molecule has 0 heterocycles. The molecule has 4 N–H and O–H groups in total. The van der Waals surface area contributed by atoms with Gasteiger partial charge in [0, 0.05) is 25.2 Å². The average molecular weight is 739 g/mol. The molecule has 0 aliphatic heterocycles. The van der Waals surface area contributed by atoms with Crippen molar-refractivity contribution in [3.63, 3.8) is 0 Å². The molecule has 6 atom stereocenters. The average Bonchev–Trinajstić information content (AvgIpc) is 3.38. The fraction of sp³-hybridized carbons (Fsp3) is 0.909. The Kier molecular flexibility index (Phi) is 30.7. The van der Waals surface area contributed by atoms with Crippen molar-refractivity contribution in [3.8, 4) is 0 Å².